The van der Waals surface area contributed by atoms with Crippen LogP contribution in [0.15, 0.2) is 0 Å². The van der Waals surface area contributed by atoms with E-state index in [9.17, 15) is 9.59 Å². The number of ether oxygens (including phenoxy) is 1. The van der Waals surface area contributed by atoms with Gasteiger partial charge in [-0.2, -0.15) is 0 Å². The lowest BCUT2D eigenvalue weighted by molar-refractivity contribution is -0.137. The van der Waals surface area contributed by atoms with Gasteiger partial charge in [-0.15, -0.1) is 0 Å². The van der Waals surface area contributed by atoms with Gasteiger partial charge in [0.05, 0.1) is 0 Å². The van der Waals surface area contributed by atoms with Crippen molar-refractivity contribution >= 4 is 12.0 Å². The summed E-state index contributed by atoms with van der Waals surface area (Å²) < 4.78 is 5.27. The Balaban J connectivity index is 3.40. The van der Waals surface area contributed by atoms with Crippen LogP contribution in [0.25, 0.3) is 0 Å². The second kappa shape index (κ2) is 10.8. The molecule has 0 aromatic rings. The molecule has 0 bridgehead atoms. The Hall–Kier alpha value is -1.30. The molecule has 0 rings (SSSR count). The summed E-state index contributed by atoms with van der Waals surface area (Å²) in [4.78, 5) is 21.7. The molecule has 0 saturated carbocycles. The summed E-state index contributed by atoms with van der Waals surface area (Å²) in [6.07, 6.45) is 1.83. The first-order chi connectivity index (χ1) is 8.56. The molecule has 3 N–H and O–H groups in total. The zero-order valence-corrected chi connectivity index (χ0v) is 11.2. The summed E-state index contributed by atoms with van der Waals surface area (Å²) >= 11 is 0. The van der Waals surface area contributed by atoms with E-state index in [-0.39, 0.29) is 18.4 Å². The van der Waals surface area contributed by atoms with Crippen molar-refractivity contribution in [2.24, 2.45) is 5.92 Å². The van der Waals surface area contributed by atoms with E-state index >= 15 is 0 Å². The molecule has 6 nitrogen and oxygen atoms in total. The fourth-order valence-corrected chi connectivity index (χ4v) is 1.32. The van der Waals surface area contributed by atoms with Crippen molar-refractivity contribution in [3.63, 3.8) is 0 Å². The van der Waals surface area contributed by atoms with Crippen molar-refractivity contribution in [3.8, 4) is 0 Å². The maximum absolute atomic E-state index is 11.3. The molecule has 1 unspecified atom stereocenters. The molecule has 0 heterocycles. The van der Waals surface area contributed by atoms with Crippen molar-refractivity contribution < 1.29 is 19.4 Å². The van der Waals surface area contributed by atoms with Crippen LogP contribution >= 0.6 is 0 Å². The Bertz CT molecular complexity index is 246. The van der Waals surface area contributed by atoms with E-state index in [0.717, 1.165) is 19.4 Å². The van der Waals surface area contributed by atoms with E-state index in [0.29, 0.717) is 19.7 Å². The Kier molecular flexibility index (Phi) is 10.0. The molecular weight excluding hydrogens is 236 g/mol. The molecule has 1 atom stereocenters. The van der Waals surface area contributed by atoms with Crippen molar-refractivity contribution in [3.05, 3.63) is 0 Å². The van der Waals surface area contributed by atoms with Gasteiger partial charge in [0.2, 0.25) is 0 Å². The minimum atomic E-state index is -0.849. The molecule has 0 aliphatic heterocycles. The van der Waals surface area contributed by atoms with Gasteiger partial charge >= 0.3 is 12.0 Å². The molecule has 0 radical (unpaired) electrons. The largest absolute Gasteiger partial charge is 0.481 e. The summed E-state index contributed by atoms with van der Waals surface area (Å²) in [5.74, 6) is -0.918. The lowest BCUT2D eigenvalue weighted by atomic mass is 10.1. The van der Waals surface area contributed by atoms with Crippen LogP contribution in [-0.2, 0) is 9.53 Å². The predicted molar refractivity (Wildman–Crippen MR) is 68.5 cm³/mol. The second-order valence-corrected chi connectivity index (χ2v) is 4.31. The summed E-state index contributed by atoms with van der Waals surface area (Å²) in [5.41, 5.74) is 0. The van der Waals surface area contributed by atoms with Crippen molar-refractivity contribution in [2.45, 2.75) is 33.1 Å². The second-order valence-electron chi connectivity index (χ2n) is 4.31. The fourth-order valence-electron chi connectivity index (χ4n) is 1.32. The number of carbonyl (C=O) groups is 2. The number of amides is 2. The SMILES string of the molecule is CCCOCCCNC(=O)NCC(C)CC(=O)O. The standard InChI is InChI=1S/C12H24N2O4/c1-3-6-18-7-4-5-13-12(17)14-9-10(2)8-11(15)16/h10H,3-9H2,1-2H3,(H,15,16)(H2,13,14,17). The average Bonchev–Trinajstić information content (AvgIpc) is 2.30. The molecule has 106 valence electrons. The Labute approximate surface area is 108 Å². The predicted octanol–water partition coefficient (Wildman–Crippen LogP) is 1.21. The smallest absolute Gasteiger partial charge is 0.314 e. The number of urea groups is 1. The van der Waals surface area contributed by atoms with E-state index in [1.807, 2.05) is 6.92 Å². The molecule has 0 saturated heterocycles. The quantitative estimate of drug-likeness (QED) is 0.515. The van der Waals surface area contributed by atoms with E-state index in [4.69, 9.17) is 9.84 Å². The fraction of sp³-hybridized carbons (Fsp3) is 0.833. The number of nitrogens with one attached hydrogen (secondary N) is 2. The van der Waals surface area contributed by atoms with Crippen LogP contribution in [-0.4, -0.2) is 43.4 Å². The number of rotatable bonds is 10. The first-order valence-electron chi connectivity index (χ1n) is 6.37. The number of hydrogen-bond donors (Lipinski definition) is 3. The number of hydrogen-bond acceptors (Lipinski definition) is 3. The third-order valence-electron chi connectivity index (χ3n) is 2.23. The molecule has 0 aromatic carbocycles. The van der Waals surface area contributed by atoms with Crippen molar-refractivity contribution in [1.82, 2.24) is 10.6 Å². The van der Waals surface area contributed by atoms with Crippen molar-refractivity contribution in [2.75, 3.05) is 26.3 Å². The van der Waals surface area contributed by atoms with Gasteiger partial charge in [-0.05, 0) is 18.8 Å². The lowest BCUT2D eigenvalue weighted by Crippen LogP contribution is -2.38. The average molecular weight is 260 g/mol. The number of carbonyl (C=O) groups excluding carboxylic acids is 1. The topological polar surface area (TPSA) is 87.7 Å². The summed E-state index contributed by atoms with van der Waals surface area (Å²) in [5, 5.41) is 13.9. The van der Waals surface area contributed by atoms with Gasteiger partial charge in [-0.1, -0.05) is 13.8 Å². The molecule has 0 aliphatic rings. The normalized spacial score (nSPS) is 11.9. The number of aliphatic carboxylic acids is 1. The summed E-state index contributed by atoms with van der Waals surface area (Å²) in [7, 11) is 0. The zero-order chi connectivity index (χ0) is 13.8. The van der Waals surface area contributed by atoms with Gasteiger partial charge < -0.3 is 20.5 Å². The van der Waals surface area contributed by atoms with Crippen LogP contribution in [0.5, 0.6) is 0 Å². The van der Waals surface area contributed by atoms with Gasteiger partial charge in [-0.3, -0.25) is 4.79 Å². The third-order valence-corrected chi connectivity index (χ3v) is 2.23. The highest BCUT2D eigenvalue weighted by atomic mass is 16.5. The van der Waals surface area contributed by atoms with E-state index in [1.165, 1.54) is 0 Å². The first-order valence-corrected chi connectivity index (χ1v) is 6.37. The molecule has 18 heavy (non-hydrogen) atoms. The number of carboxylic acid groups (broad SMARTS) is 1. The van der Waals surface area contributed by atoms with Crippen LogP contribution < -0.4 is 10.6 Å². The van der Waals surface area contributed by atoms with E-state index in [2.05, 4.69) is 10.6 Å². The molecular formula is C12H24N2O4. The van der Waals surface area contributed by atoms with Gasteiger partial charge in [-0.25, -0.2) is 4.79 Å². The maximum atomic E-state index is 11.3. The van der Waals surface area contributed by atoms with Crippen molar-refractivity contribution in [1.29, 1.82) is 0 Å². The van der Waals surface area contributed by atoms with Gasteiger partial charge in [0.25, 0.3) is 0 Å². The monoisotopic (exact) mass is 260 g/mol. The lowest BCUT2D eigenvalue weighted by Gasteiger charge is -2.11. The highest BCUT2D eigenvalue weighted by Crippen LogP contribution is 1.98. The highest BCUT2D eigenvalue weighted by molar-refractivity contribution is 5.73. The van der Waals surface area contributed by atoms with Gasteiger partial charge in [0, 0.05) is 32.7 Å². The third kappa shape index (κ3) is 11.2. The zero-order valence-electron chi connectivity index (χ0n) is 11.2. The Morgan fingerprint density at radius 3 is 2.61 bits per heavy atom. The molecule has 0 fully saturated rings. The van der Waals surface area contributed by atoms with Crippen LogP contribution in [0, 0.1) is 5.92 Å². The molecule has 2 amide bonds. The minimum Gasteiger partial charge on any atom is -0.481 e. The Morgan fingerprint density at radius 2 is 2.00 bits per heavy atom. The van der Waals surface area contributed by atoms with Gasteiger partial charge in [0.1, 0.15) is 0 Å². The summed E-state index contributed by atoms with van der Waals surface area (Å²) in [6.45, 7) is 6.15. The maximum Gasteiger partial charge on any atom is 0.314 e. The summed E-state index contributed by atoms with van der Waals surface area (Å²) in [6, 6.07) is -0.261. The van der Waals surface area contributed by atoms with Crippen LogP contribution in [0.1, 0.15) is 33.1 Å². The highest BCUT2D eigenvalue weighted by Gasteiger charge is 2.08. The Morgan fingerprint density at radius 1 is 1.28 bits per heavy atom. The number of carboxylic acids is 1. The molecule has 0 aliphatic carbocycles. The minimum absolute atomic E-state index is 0.0607. The van der Waals surface area contributed by atoms with Gasteiger partial charge in [0.15, 0.2) is 0 Å². The van der Waals surface area contributed by atoms with E-state index < -0.39 is 5.97 Å². The first kappa shape index (κ1) is 16.7. The van der Waals surface area contributed by atoms with Crippen LogP contribution in [0.4, 0.5) is 4.79 Å². The van der Waals surface area contributed by atoms with E-state index in [1.54, 1.807) is 6.92 Å². The van der Waals surface area contributed by atoms with Crippen LogP contribution in [0.2, 0.25) is 0 Å². The molecule has 6 heteroatoms. The van der Waals surface area contributed by atoms with Crippen LogP contribution in [0.3, 0.4) is 0 Å². The molecule has 0 aromatic heterocycles. The molecule has 0 spiro atoms.